The molecular weight excluding hydrogens is 264 g/mol. The van der Waals surface area contributed by atoms with Crippen molar-refractivity contribution in [1.82, 2.24) is 0 Å². The second-order valence-corrected chi connectivity index (χ2v) is 5.43. The van der Waals surface area contributed by atoms with Gasteiger partial charge in [-0.05, 0) is 24.0 Å². The van der Waals surface area contributed by atoms with E-state index in [1.165, 1.54) is 7.11 Å². The Morgan fingerprint density at radius 3 is 2.58 bits per heavy atom. The van der Waals surface area contributed by atoms with Crippen molar-refractivity contribution in [1.29, 1.82) is 0 Å². The third kappa shape index (κ3) is 4.03. The van der Waals surface area contributed by atoms with Crippen molar-refractivity contribution in [2.24, 2.45) is 11.8 Å². The van der Waals surface area contributed by atoms with E-state index in [9.17, 15) is 4.79 Å². The molecule has 0 aliphatic heterocycles. The van der Waals surface area contributed by atoms with Crippen molar-refractivity contribution < 1.29 is 9.53 Å². The molecule has 4 nitrogen and oxygen atoms in total. The third-order valence-electron chi connectivity index (χ3n) is 3.26. The molecule has 0 aliphatic rings. The number of hydrogen-bond donors (Lipinski definition) is 2. The van der Waals surface area contributed by atoms with Crippen LogP contribution in [0.5, 0.6) is 0 Å². The largest absolute Gasteiger partial charge is 0.465 e. The quantitative estimate of drug-likeness (QED) is 0.642. The van der Waals surface area contributed by atoms with Crippen LogP contribution in [-0.4, -0.2) is 19.6 Å². The maximum atomic E-state index is 11.7. The average molecular weight is 285 g/mol. The molecule has 106 valence electrons. The molecule has 1 aromatic rings. The fourth-order valence-corrected chi connectivity index (χ4v) is 1.87. The first-order valence-electron chi connectivity index (χ1n) is 6.28. The van der Waals surface area contributed by atoms with Crippen LogP contribution in [0, 0.1) is 11.8 Å². The molecule has 3 N–H and O–H groups in total. The smallest absolute Gasteiger partial charge is 0.340 e. The first-order chi connectivity index (χ1) is 8.86. The predicted octanol–water partition coefficient (Wildman–Crippen LogP) is 3.41. The van der Waals surface area contributed by atoms with Gasteiger partial charge in [0.2, 0.25) is 0 Å². The summed E-state index contributed by atoms with van der Waals surface area (Å²) in [6.07, 6.45) is 0. The number of nitrogens with two attached hydrogens (primary N) is 1. The van der Waals surface area contributed by atoms with Gasteiger partial charge in [-0.25, -0.2) is 4.79 Å². The molecule has 19 heavy (non-hydrogen) atoms. The summed E-state index contributed by atoms with van der Waals surface area (Å²) in [6, 6.07) is 3.19. The Hall–Kier alpha value is -1.42. The van der Waals surface area contributed by atoms with E-state index >= 15 is 0 Å². The zero-order valence-electron chi connectivity index (χ0n) is 11.8. The highest BCUT2D eigenvalue weighted by molar-refractivity contribution is 6.34. The first kappa shape index (κ1) is 15.6. The van der Waals surface area contributed by atoms with Gasteiger partial charge in [-0.2, -0.15) is 0 Å². The summed E-state index contributed by atoms with van der Waals surface area (Å²) in [5, 5.41) is 3.64. The Morgan fingerprint density at radius 2 is 2.05 bits per heavy atom. The number of carbonyl (C=O) groups is 1. The summed E-state index contributed by atoms with van der Waals surface area (Å²) >= 11 is 6.15. The molecule has 0 aromatic heterocycles. The van der Waals surface area contributed by atoms with Crippen LogP contribution in [0.3, 0.4) is 0 Å². The minimum atomic E-state index is -0.450. The lowest BCUT2D eigenvalue weighted by atomic mass is 9.98. The van der Waals surface area contributed by atoms with E-state index in [4.69, 9.17) is 22.1 Å². The minimum absolute atomic E-state index is 0.364. The number of methoxy groups -OCH3 is 1. The van der Waals surface area contributed by atoms with Crippen molar-refractivity contribution in [3.63, 3.8) is 0 Å². The lowest BCUT2D eigenvalue weighted by Gasteiger charge is -2.19. The average Bonchev–Trinajstić information content (AvgIpc) is 2.35. The number of anilines is 2. The number of carbonyl (C=O) groups excluding carboxylic acids is 1. The van der Waals surface area contributed by atoms with Gasteiger partial charge in [0.05, 0.1) is 23.4 Å². The van der Waals surface area contributed by atoms with Gasteiger partial charge in [-0.15, -0.1) is 0 Å². The van der Waals surface area contributed by atoms with Crippen molar-refractivity contribution >= 4 is 28.9 Å². The number of nitrogen functional groups attached to an aromatic ring is 1. The monoisotopic (exact) mass is 284 g/mol. The summed E-state index contributed by atoms with van der Waals surface area (Å²) in [5.74, 6) is 0.551. The number of halogens is 1. The van der Waals surface area contributed by atoms with E-state index in [1.54, 1.807) is 12.1 Å². The van der Waals surface area contributed by atoms with Gasteiger partial charge >= 0.3 is 5.97 Å². The molecule has 0 spiro atoms. The van der Waals surface area contributed by atoms with E-state index < -0.39 is 5.97 Å². The summed E-state index contributed by atoms with van der Waals surface area (Å²) in [7, 11) is 1.33. The molecule has 0 saturated carbocycles. The second kappa shape index (κ2) is 6.66. The van der Waals surface area contributed by atoms with Crippen molar-refractivity contribution in [3.8, 4) is 0 Å². The van der Waals surface area contributed by atoms with Gasteiger partial charge in [0.15, 0.2) is 0 Å². The lowest BCUT2D eigenvalue weighted by molar-refractivity contribution is 0.0602. The Kier molecular flexibility index (Phi) is 5.48. The Morgan fingerprint density at radius 1 is 1.42 bits per heavy atom. The zero-order chi connectivity index (χ0) is 14.6. The van der Waals surface area contributed by atoms with Crippen LogP contribution in [0.25, 0.3) is 0 Å². The fraction of sp³-hybridized carbons (Fsp3) is 0.500. The van der Waals surface area contributed by atoms with Crippen LogP contribution >= 0.6 is 11.6 Å². The van der Waals surface area contributed by atoms with Crippen molar-refractivity contribution in [2.45, 2.75) is 20.8 Å². The zero-order valence-corrected chi connectivity index (χ0v) is 12.5. The Bertz CT molecular complexity index is 461. The number of rotatable bonds is 5. The van der Waals surface area contributed by atoms with E-state index in [0.717, 1.165) is 6.54 Å². The highest BCUT2D eigenvalue weighted by atomic mass is 35.5. The van der Waals surface area contributed by atoms with Crippen LogP contribution in [0.1, 0.15) is 31.1 Å². The predicted molar refractivity (Wildman–Crippen MR) is 79.7 cm³/mol. The normalized spacial score (nSPS) is 12.3. The van der Waals surface area contributed by atoms with E-state index in [0.29, 0.717) is 33.8 Å². The number of nitrogens with one attached hydrogen (secondary N) is 1. The Labute approximate surface area is 119 Å². The first-order valence-corrected chi connectivity index (χ1v) is 6.65. The number of esters is 1. The summed E-state index contributed by atoms with van der Waals surface area (Å²) in [4.78, 5) is 11.7. The fourth-order valence-electron chi connectivity index (χ4n) is 1.58. The molecule has 1 unspecified atom stereocenters. The highest BCUT2D eigenvalue weighted by Crippen LogP contribution is 2.30. The molecule has 1 aromatic carbocycles. The Balaban J connectivity index is 3.01. The summed E-state index contributed by atoms with van der Waals surface area (Å²) in [6.45, 7) is 7.17. The second-order valence-electron chi connectivity index (χ2n) is 5.02. The van der Waals surface area contributed by atoms with Crippen LogP contribution in [-0.2, 0) is 4.74 Å². The van der Waals surface area contributed by atoms with E-state index in [1.807, 2.05) is 0 Å². The molecule has 0 amide bonds. The van der Waals surface area contributed by atoms with Gasteiger partial charge in [0.1, 0.15) is 0 Å². The molecular formula is C14H21ClN2O2. The SMILES string of the molecule is COC(=O)c1cc(N)cc(Cl)c1NCC(C)C(C)C. The lowest BCUT2D eigenvalue weighted by Crippen LogP contribution is -2.18. The molecule has 0 aliphatic carbocycles. The summed E-state index contributed by atoms with van der Waals surface area (Å²) < 4.78 is 4.75. The molecule has 0 radical (unpaired) electrons. The molecule has 1 rings (SSSR count). The van der Waals surface area contributed by atoms with Crippen molar-refractivity contribution in [2.75, 3.05) is 24.7 Å². The standard InChI is InChI=1S/C14H21ClN2O2/c1-8(2)9(3)7-17-13-11(14(18)19-4)5-10(16)6-12(13)15/h5-6,8-9,17H,7,16H2,1-4H3. The molecule has 5 heteroatoms. The maximum absolute atomic E-state index is 11.7. The summed E-state index contributed by atoms with van der Waals surface area (Å²) in [5.41, 5.74) is 7.09. The van der Waals surface area contributed by atoms with Gasteiger partial charge in [-0.3, -0.25) is 0 Å². The molecule has 0 heterocycles. The van der Waals surface area contributed by atoms with Crippen LogP contribution in [0.2, 0.25) is 5.02 Å². The van der Waals surface area contributed by atoms with E-state index in [2.05, 4.69) is 26.1 Å². The number of hydrogen-bond acceptors (Lipinski definition) is 4. The maximum Gasteiger partial charge on any atom is 0.340 e. The molecule has 1 atom stereocenters. The van der Waals surface area contributed by atoms with Gasteiger partial charge in [-0.1, -0.05) is 32.4 Å². The van der Waals surface area contributed by atoms with E-state index in [-0.39, 0.29) is 0 Å². The van der Waals surface area contributed by atoms with Crippen LogP contribution < -0.4 is 11.1 Å². The van der Waals surface area contributed by atoms with Gasteiger partial charge in [0, 0.05) is 12.2 Å². The molecule has 0 bridgehead atoms. The molecule has 0 fully saturated rings. The van der Waals surface area contributed by atoms with Crippen LogP contribution in [0.15, 0.2) is 12.1 Å². The minimum Gasteiger partial charge on any atom is -0.465 e. The van der Waals surface area contributed by atoms with Crippen LogP contribution in [0.4, 0.5) is 11.4 Å². The third-order valence-corrected chi connectivity index (χ3v) is 3.55. The van der Waals surface area contributed by atoms with Gasteiger partial charge in [0.25, 0.3) is 0 Å². The number of benzene rings is 1. The highest BCUT2D eigenvalue weighted by Gasteiger charge is 2.17. The van der Waals surface area contributed by atoms with Crippen molar-refractivity contribution in [3.05, 3.63) is 22.7 Å². The topological polar surface area (TPSA) is 64.3 Å². The molecule has 0 saturated heterocycles. The number of ether oxygens (including phenoxy) is 1. The van der Waals surface area contributed by atoms with Gasteiger partial charge < -0.3 is 15.8 Å².